The zero-order valence-electron chi connectivity index (χ0n) is 24.7. The predicted octanol–water partition coefficient (Wildman–Crippen LogP) is 5.38. The van der Waals surface area contributed by atoms with Gasteiger partial charge in [-0.3, -0.25) is 19.2 Å². The third-order valence-electron chi connectivity index (χ3n) is 10.7. The van der Waals surface area contributed by atoms with Crippen LogP contribution in [0.3, 0.4) is 0 Å². The SMILES string of the molecule is CC(=O)C1C(=O)[C@@]2(O)C(=O)C3C(=O)c4c(O)ccc(-c5ccc6c(c5)CCC6)c4C[C@@]3(C)C[C@@]2(C)C(C(C)C)=C1C. The van der Waals surface area contributed by atoms with Crippen LogP contribution in [0, 0.1) is 28.6 Å². The molecular formula is C35H38O6. The van der Waals surface area contributed by atoms with E-state index in [0.717, 1.165) is 36.0 Å². The predicted molar refractivity (Wildman–Crippen MR) is 155 cm³/mol. The molecule has 0 amide bonds. The maximum Gasteiger partial charge on any atom is 0.192 e. The lowest BCUT2D eigenvalue weighted by molar-refractivity contribution is -0.183. The number of aryl methyl sites for hydroxylation is 2. The number of allylic oxidation sites excluding steroid dienone is 1. The van der Waals surface area contributed by atoms with Gasteiger partial charge in [0.1, 0.15) is 17.5 Å². The van der Waals surface area contributed by atoms with Crippen LogP contribution in [0.1, 0.15) is 81.4 Å². The van der Waals surface area contributed by atoms with Crippen LogP contribution in [0.25, 0.3) is 11.1 Å². The molecule has 5 atom stereocenters. The summed E-state index contributed by atoms with van der Waals surface area (Å²) in [5.41, 5.74) is 1.84. The number of phenols is 1. The lowest BCUT2D eigenvalue weighted by Gasteiger charge is -2.60. The van der Waals surface area contributed by atoms with Crippen molar-refractivity contribution in [2.75, 3.05) is 0 Å². The first-order chi connectivity index (χ1) is 19.2. The van der Waals surface area contributed by atoms with Crippen molar-refractivity contribution in [2.45, 2.75) is 79.2 Å². The zero-order chi connectivity index (χ0) is 29.8. The number of hydrogen-bond acceptors (Lipinski definition) is 6. The molecule has 0 heterocycles. The third-order valence-corrected chi connectivity index (χ3v) is 10.7. The molecule has 1 fully saturated rings. The van der Waals surface area contributed by atoms with Crippen LogP contribution in [0.4, 0.5) is 0 Å². The molecule has 6 nitrogen and oxygen atoms in total. The zero-order valence-corrected chi connectivity index (χ0v) is 24.7. The number of Topliss-reactive ketones (excluding diaryl/α,β-unsaturated/α-hetero) is 4. The smallest absolute Gasteiger partial charge is 0.192 e. The summed E-state index contributed by atoms with van der Waals surface area (Å²) >= 11 is 0. The van der Waals surface area contributed by atoms with Crippen molar-refractivity contribution in [3.8, 4) is 16.9 Å². The van der Waals surface area contributed by atoms with Crippen LogP contribution in [0.2, 0.25) is 0 Å². The summed E-state index contributed by atoms with van der Waals surface area (Å²) in [6.45, 7) is 10.6. The Morgan fingerprint density at radius 1 is 1.00 bits per heavy atom. The quantitative estimate of drug-likeness (QED) is 0.390. The molecule has 0 aliphatic heterocycles. The normalized spacial score (nSPS) is 32.5. The molecule has 2 N–H and O–H groups in total. The van der Waals surface area contributed by atoms with Crippen LogP contribution < -0.4 is 0 Å². The van der Waals surface area contributed by atoms with Gasteiger partial charge in [-0.25, -0.2) is 0 Å². The minimum absolute atomic E-state index is 0.0909. The van der Waals surface area contributed by atoms with Crippen molar-refractivity contribution in [3.05, 3.63) is 63.7 Å². The highest BCUT2D eigenvalue weighted by atomic mass is 16.3. The van der Waals surface area contributed by atoms with Gasteiger partial charge in [-0.2, -0.15) is 0 Å². The Kier molecular flexibility index (Phi) is 5.97. The van der Waals surface area contributed by atoms with Gasteiger partial charge in [0.15, 0.2) is 23.0 Å². The number of benzene rings is 2. The molecule has 0 spiro atoms. The largest absolute Gasteiger partial charge is 0.507 e. The van der Waals surface area contributed by atoms with E-state index in [9.17, 15) is 29.4 Å². The Hall–Kier alpha value is -3.38. The molecule has 4 aliphatic carbocycles. The van der Waals surface area contributed by atoms with Crippen LogP contribution in [-0.2, 0) is 33.6 Å². The molecule has 0 saturated heterocycles. The average molecular weight is 555 g/mol. The standard InChI is InChI=1S/C35H38O6/c1-17(2)28-18(3)26(19(4)36)31(39)35(41)32(40)29-30(38)27-24(15-33(29,5)16-34(28,35)6)23(12-13-25(27)37)22-11-10-20-8-7-9-21(20)14-22/h10-14,17,26,29,37,41H,7-9,15-16H2,1-6H3/t26?,29?,33-,34-,35+/m0/s1. The van der Waals surface area contributed by atoms with E-state index in [0.29, 0.717) is 17.6 Å². The molecule has 0 aromatic heterocycles. The summed E-state index contributed by atoms with van der Waals surface area (Å²) in [4.78, 5) is 55.4. The van der Waals surface area contributed by atoms with Crippen molar-refractivity contribution in [1.82, 2.24) is 0 Å². The maximum absolute atomic E-state index is 14.5. The minimum atomic E-state index is -2.52. The second-order valence-corrected chi connectivity index (χ2v) is 13.7. The van der Waals surface area contributed by atoms with Crippen LogP contribution in [-0.4, -0.2) is 38.9 Å². The molecule has 6 heteroatoms. The molecule has 1 saturated carbocycles. The summed E-state index contributed by atoms with van der Waals surface area (Å²) in [5, 5.41) is 23.2. The van der Waals surface area contributed by atoms with Crippen LogP contribution in [0.5, 0.6) is 5.75 Å². The molecule has 4 aliphatic rings. The number of ketones is 4. The molecule has 0 radical (unpaired) electrons. The Bertz CT molecular complexity index is 1610. The average Bonchev–Trinajstić information content (AvgIpc) is 3.34. The summed E-state index contributed by atoms with van der Waals surface area (Å²) in [6, 6.07) is 9.71. The molecule has 0 bridgehead atoms. The van der Waals surface area contributed by atoms with E-state index in [-0.39, 0.29) is 23.7 Å². The van der Waals surface area contributed by atoms with E-state index in [1.165, 1.54) is 24.1 Å². The molecular weight excluding hydrogens is 516 g/mol. The number of fused-ring (bicyclic) bond motifs is 4. The van der Waals surface area contributed by atoms with Gasteiger partial charge in [-0.15, -0.1) is 0 Å². The topological polar surface area (TPSA) is 109 Å². The number of carbonyl (C=O) groups is 4. The highest BCUT2D eigenvalue weighted by Gasteiger charge is 2.73. The van der Waals surface area contributed by atoms with Crippen molar-refractivity contribution in [3.63, 3.8) is 0 Å². The second kappa shape index (κ2) is 8.81. The molecule has 2 aromatic carbocycles. The summed E-state index contributed by atoms with van der Waals surface area (Å²) in [6.07, 6.45) is 3.71. The maximum atomic E-state index is 14.5. The van der Waals surface area contributed by atoms with Crippen LogP contribution >= 0.6 is 0 Å². The van der Waals surface area contributed by atoms with Crippen molar-refractivity contribution >= 4 is 23.1 Å². The molecule has 2 aromatic rings. The van der Waals surface area contributed by atoms with Gasteiger partial charge in [0.05, 0.1) is 11.5 Å². The Balaban J connectivity index is 1.57. The highest BCUT2D eigenvalue weighted by molar-refractivity contribution is 6.27. The molecule has 2 unspecified atom stereocenters. The summed E-state index contributed by atoms with van der Waals surface area (Å²) in [5.74, 6) is -5.60. The molecule has 41 heavy (non-hydrogen) atoms. The van der Waals surface area contributed by atoms with Crippen molar-refractivity contribution in [2.24, 2.45) is 28.6 Å². The van der Waals surface area contributed by atoms with E-state index < -0.39 is 51.4 Å². The van der Waals surface area contributed by atoms with Gasteiger partial charge in [0.25, 0.3) is 0 Å². The monoisotopic (exact) mass is 554 g/mol. The van der Waals surface area contributed by atoms with E-state index in [1.807, 2.05) is 26.8 Å². The summed E-state index contributed by atoms with van der Waals surface area (Å²) in [7, 11) is 0. The fourth-order valence-corrected chi connectivity index (χ4v) is 9.35. The van der Waals surface area contributed by atoms with Gasteiger partial charge in [0, 0.05) is 5.41 Å². The Labute approximate surface area is 240 Å². The van der Waals surface area contributed by atoms with Gasteiger partial charge in [-0.1, -0.05) is 63.1 Å². The number of aromatic hydroxyl groups is 1. The summed E-state index contributed by atoms with van der Waals surface area (Å²) < 4.78 is 0. The van der Waals surface area contributed by atoms with E-state index >= 15 is 0 Å². The first-order valence-electron chi connectivity index (χ1n) is 14.7. The molecule has 6 rings (SSSR count). The number of phenolic OH excluding ortho intramolecular Hbond substituents is 1. The number of rotatable bonds is 3. The third kappa shape index (κ3) is 3.46. The number of aliphatic hydroxyl groups is 1. The van der Waals surface area contributed by atoms with Gasteiger partial charge < -0.3 is 10.2 Å². The number of carbonyl (C=O) groups excluding carboxylic acids is 4. The Morgan fingerprint density at radius 2 is 1.68 bits per heavy atom. The highest BCUT2D eigenvalue weighted by Crippen LogP contribution is 2.64. The van der Waals surface area contributed by atoms with Crippen molar-refractivity contribution in [1.29, 1.82) is 0 Å². The van der Waals surface area contributed by atoms with Gasteiger partial charge in [-0.05, 0) is 91.2 Å². The molecule has 214 valence electrons. The minimum Gasteiger partial charge on any atom is -0.507 e. The Morgan fingerprint density at radius 3 is 2.34 bits per heavy atom. The van der Waals surface area contributed by atoms with E-state index in [1.54, 1.807) is 13.8 Å². The number of hydrogen-bond donors (Lipinski definition) is 2. The van der Waals surface area contributed by atoms with Crippen LogP contribution in [0.15, 0.2) is 41.5 Å². The van der Waals surface area contributed by atoms with Gasteiger partial charge >= 0.3 is 0 Å². The fourth-order valence-electron chi connectivity index (χ4n) is 9.35. The van der Waals surface area contributed by atoms with E-state index in [4.69, 9.17) is 0 Å². The fraction of sp³-hybridized carbons (Fsp3) is 0.486. The second-order valence-electron chi connectivity index (χ2n) is 13.7. The first-order valence-corrected chi connectivity index (χ1v) is 14.7. The lowest BCUT2D eigenvalue weighted by atomic mass is 9.41. The van der Waals surface area contributed by atoms with Crippen molar-refractivity contribution < 1.29 is 29.4 Å². The first kappa shape index (κ1) is 27.8. The van der Waals surface area contributed by atoms with E-state index in [2.05, 4.69) is 18.2 Å². The van der Waals surface area contributed by atoms with Gasteiger partial charge in [0.2, 0.25) is 0 Å². The lowest BCUT2D eigenvalue weighted by Crippen LogP contribution is -2.73.